The van der Waals surface area contributed by atoms with Gasteiger partial charge in [0.15, 0.2) is 5.76 Å². The molecule has 2 N–H and O–H groups in total. The Hall–Kier alpha value is -2.91. The SMILES string of the molecule is CC(C)(C)NS(=O)(=O)c1ccc(C(=O)N2CC=C(c3c[nH]c4cc(F)ccc34)CC2)o1. The zero-order valence-electron chi connectivity index (χ0n) is 17.5. The molecule has 0 unspecified atom stereocenters. The summed E-state index contributed by atoms with van der Waals surface area (Å²) in [5.74, 6) is -0.685. The molecule has 3 heterocycles. The molecule has 0 aliphatic carbocycles. The Morgan fingerprint density at radius 3 is 2.68 bits per heavy atom. The van der Waals surface area contributed by atoms with Crippen molar-refractivity contribution < 1.29 is 22.0 Å². The van der Waals surface area contributed by atoms with Crippen LogP contribution in [0.3, 0.4) is 0 Å². The highest BCUT2D eigenvalue weighted by Gasteiger charge is 2.28. The lowest BCUT2D eigenvalue weighted by Crippen LogP contribution is -2.40. The van der Waals surface area contributed by atoms with Gasteiger partial charge in [0.05, 0.1) is 0 Å². The van der Waals surface area contributed by atoms with Crippen LogP contribution in [-0.4, -0.2) is 42.8 Å². The highest BCUT2D eigenvalue weighted by atomic mass is 32.2. The molecule has 31 heavy (non-hydrogen) atoms. The maximum absolute atomic E-state index is 13.4. The third-order valence-corrected chi connectivity index (χ3v) is 6.61. The smallest absolute Gasteiger partial charge is 0.289 e. The third kappa shape index (κ3) is 4.42. The van der Waals surface area contributed by atoms with Crippen molar-refractivity contribution >= 4 is 32.4 Å². The zero-order valence-corrected chi connectivity index (χ0v) is 18.3. The predicted molar refractivity (Wildman–Crippen MR) is 116 cm³/mol. The Bertz CT molecular complexity index is 1280. The molecule has 0 spiro atoms. The molecule has 1 amide bonds. The van der Waals surface area contributed by atoms with E-state index in [-0.39, 0.29) is 22.6 Å². The molecule has 0 saturated carbocycles. The molecule has 0 atom stereocenters. The van der Waals surface area contributed by atoms with Crippen LogP contribution in [0.15, 0.2) is 52.1 Å². The number of halogens is 1. The number of H-pyrrole nitrogens is 1. The minimum absolute atomic E-state index is 0.0197. The molecule has 1 aromatic carbocycles. The first-order valence-corrected chi connectivity index (χ1v) is 11.4. The quantitative estimate of drug-likeness (QED) is 0.637. The summed E-state index contributed by atoms with van der Waals surface area (Å²) in [6, 6.07) is 7.29. The summed E-state index contributed by atoms with van der Waals surface area (Å²) in [4.78, 5) is 17.5. The lowest BCUT2D eigenvalue weighted by atomic mass is 9.99. The van der Waals surface area contributed by atoms with Crippen LogP contribution in [-0.2, 0) is 10.0 Å². The van der Waals surface area contributed by atoms with Gasteiger partial charge in [-0.25, -0.2) is 17.5 Å². The molecular weight excluding hydrogens is 421 g/mol. The van der Waals surface area contributed by atoms with Gasteiger partial charge in [-0.2, -0.15) is 0 Å². The second-order valence-electron chi connectivity index (χ2n) is 8.60. The Morgan fingerprint density at radius 1 is 1.23 bits per heavy atom. The average Bonchev–Trinajstić information content (AvgIpc) is 3.33. The maximum atomic E-state index is 13.4. The van der Waals surface area contributed by atoms with Crippen LogP contribution in [0.5, 0.6) is 0 Å². The van der Waals surface area contributed by atoms with Gasteiger partial charge in [-0.3, -0.25) is 4.79 Å². The molecule has 1 aliphatic heterocycles. The number of aromatic amines is 1. The van der Waals surface area contributed by atoms with Gasteiger partial charge in [0.25, 0.3) is 15.9 Å². The van der Waals surface area contributed by atoms with E-state index in [9.17, 15) is 17.6 Å². The van der Waals surface area contributed by atoms with E-state index in [1.807, 2.05) is 12.3 Å². The molecule has 0 fully saturated rings. The highest BCUT2D eigenvalue weighted by molar-refractivity contribution is 7.89. The summed E-state index contributed by atoms with van der Waals surface area (Å²) in [5.41, 5.74) is 2.11. The molecule has 7 nitrogen and oxygen atoms in total. The first kappa shape index (κ1) is 21.3. The monoisotopic (exact) mass is 445 g/mol. The molecule has 0 saturated heterocycles. The van der Waals surface area contributed by atoms with Gasteiger partial charge in [0.1, 0.15) is 5.82 Å². The van der Waals surface area contributed by atoms with E-state index >= 15 is 0 Å². The maximum Gasteiger partial charge on any atom is 0.289 e. The lowest BCUT2D eigenvalue weighted by molar-refractivity contribution is 0.0735. The number of rotatable bonds is 4. The summed E-state index contributed by atoms with van der Waals surface area (Å²) in [6.45, 7) is 6.00. The number of nitrogens with zero attached hydrogens (tertiary/aromatic N) is 1. The van der Waals surface area contributed by atoms with Crippen molar-refractivity contribution in [2.45, 2.75) is 37.8 Å². The Labute approximate surface area is 180 Å². The molecule has 9 heteroatoms. The lowest BCUT2D eigenvalue weighted by Gasteiger charge is -2.25. The number of fused-ring (bicyclic) bond motifs is 1. The number of hydrogen-bond acceptors (Lipinski definition) is 4. The fourth-order valence-corrected chi connectivity index (χ4v) is 5.00. The molecule has 4 rings (SSSR count). The number of aromatic nitrogens is 1. The molecule has 0 bridgehead atoms. The van der Waals surface area contributed by atoms with Crippen LogP contribution in [0, 0.1) is 5.82 Å². The van der Waals surface area contributed by atoms with Crippen molar-refractivity contribution in [2.75, 3.05) is 13.1 Å². The largest absolute Gasteiger partial charge is 0.438 e. The van der Waals surface area contributed by atoms with Gasteiger partial charge >= 0.3 is 0 Å². The number of carbonyl (C=O) groups is 1. The number of nitrogens with one attached hydrogen (secondary N) is 2. The topological polar surface area (TPSA) is 95.4 Å². The molecule has 0 radical (unpaired) electrons. The van der Waals surface area contributed by atoms with E-state index in [4.69, 9.17) is 4.42 Å². The van der Waals surface area contributed by atoms with Crippen LogP contribution in [0.1, 0.15) is 43.3 Å². The van der Waals surface area contributed by atoms with Crippen molar-refractivity contribution in [3.05, 3.63) is 59.7 Å². The van der Waals surface area contributed by atoms with Gasteiger partial charge in [-0.1, -0.05) is 6.08 Å². The summed E-state index contributed by atoms with van der Waals surface area (Å²) >= 11 is 0. The second kappa shape index (κ2) is 7.65. The average molecular weight is 446 g/mol. The summed E-state index contributed by atoms with van der Waals surface area (Å²) in [7, 11) is -3.85. The van der Waals surface area contributed by atoms with E-state index in [1.165, 1.54) is 24.3 Å². The van der Waals surface area contributed by atoms with E-state index < -0.39 is 15.6 Å². The van der Waals surface area contributed by atoms with Gasteiger partial charge < -0.3 is 14.3 Å². The molecular formula is C22H24FN3O4S. The van der Waals surface area contributed by atoms with E-state index in [2.05, 4.69) is 9.71 Å². The standard InChI is InChI=1S/C22H24FN3O4S/c1-22(2,3)25-31(28,29)20-7-6-19(30-20)21(27)26-10-8-14(9-11-26)17-13-24-18-12-15(23)4-5-16(17)18/h4-8,12-13,24-25H,9-11H2,1-3H3. The Kier molecular flexibility index (Phi) is 5.26. The number of amides is 1. The summed E-state index contributed by atoms with van der Waals surface area (Å²) in [5, 5.41) is 0.643. The van der Waals surface area contributed by atoms with Crippen molar-refractivity contribution in [3.8, 4) is 0 Å². The van der Waals surface area contributed by atoms with Gasteiger partial charge in [-0.05, 0) is 63.1 Å². The van der Waals surface area contributed by atoms with Crippen LogP contribution < -0.4 is 4.72 Å². The normalized spacial score (nSPS) is 15.4. The number of benzene rings is 1. The number of hydrogen-bond donors (Lipinski definition) is 2. The number of sulfonamides is 1. The second-order valence-corrected chi connectivity index (χ2v) is 10.2. The Balaban J connectivity index is 1.49. The van der Waals surface area contributed by atoms with Crippen molar-refractivity contribution in [1.82, 2.24) is 14.6 Å². The predicted octanol–water partition coefficient (Wildman–Crippen LogP) is 3.91. The van der Waals surface area contributed by atoms with E-state index in [1.54, 1.807) is 31.7 Å². The third-order valence-electron chi connectivity index (χ3n) is 4.98. The van der Waals surface area contributed by atoms with E-state index in [0.29, 0.717) is 19.5 Å². The minimum Gasteiger partial charge on any atom is -0.438 e. The Morgan fingerprint density at radius 2 is 2.00 bits per heavy atom. The van der Waals surface area contributed by atoms with Crippen molar-refractivity contribution in [2.24, 2.45) is 0 Å². The van der Waals surface area contributed by atoms with Crippen LogP contribution in [0.4, 0.5) is 4.39 Å². The van der Waals surface area contributed by atoms with Crippen LogP contribution in [0.2, 0.25) is 0 Å². The fraction of sp³-hybridized carbons (Fsp3) is 0.318. The number of furan rings is 1. The van der Waals surface area contributed by atoms with Gasteiger partial charge in [0, 0.05) is 41.3 Å². The van der Waals surface area contributed by atoms with Gasteiger partial charge in [-0.15, -0.1) is 0 Å². The summed E-state index contributed by atoms with van der Waals surface area (Å²) < 4.78 is 46.1. The van der Waals surface area contributed by atoms with Crippen molar-refractivity contribution in [1.29, 1.82) is 0 Å². The van der Waals surface area contributed by atoms with Crippen LogP contribution >= 0.6 is 0 Å². The van der Waals surface area contributed by atoms with Crippen LogP contribution in [0.25, 0.3) is 16.5 Å². The first-order valence-electron chi connectivity index (χ1n) is 9.93. The minimum atomic E-state index is -3.85. The molecule has 3 aromatic rings. The summed E-state index contributed by atoms with van der Waals surface area (Å²) in [6.07, 6.45) is 4.42. The zero-order chi connectivity index (χ0) is 22.4. The van der Waals surface area contributed by atoms with Gasteiger partial charge in [0.2, 0.25) is 5.09 Å². The highest BCUT2D eigenvalue weighted by Crippen LogP contribution is 2.30. The first-order chi connectivity index (χ1) is 14.5. The molecule has 164 valence electrons. The number of carbonyl (C=O) groups excluding carboxylic acids is 1. The molecule has 1 aliphatic rings. The van der Waals surface area contributed by atoms with Crippen molar-refractivity contribution in [3.63, 3.8) is 0 Å². The fourth-order valence-electron chi connectivity index (χ4n) is 3.65. The van der Waals surface area contributed by atoms with E-state index in [0.717, 1.165) is 22.0 Å². The molecule has 2 aromatic heterocycles.